The number of benzene rings is 3. The van der Waals surface area contributed by atoms with Crippen molar-refractivity contribution in [3.05, 3.63) is 108 Å². The van der Waals surface area contributed by atoms with Crippen LogP contribution in [0.5, 0.6) is 5.75 Å². The lowest BCUT2D eigenvalue weighted by atomic mass is 10.0. The Hall–Kier alpha value is -2.91. The monoisotopic (exact) mass is 359 g/mol. The van der Waals surface area contributed by atoms with Gasteiger partial charge in [0.15, 0.2) is 5.78 Å². The van der Waals surface area contributed by atoms with Gasteiger partial charge in [-0.15, -0.1) is 0 Å². The predicted octanol–water partition coefficient (Wildman–Crippen LogP) is 4.89. The van der Waals surface area contributed by atoms with Crippen molar-refractivity contribution in [2.24, 2.45) is 0 Å². The molecule has 1 radical (unpaired) electrons. The van der Waals surface area contributed by atoms with Crippen LogP contribution in [-0.4, -0.2) is 19.5 Å². The van der Waals surface area contributed by atoms with Crippen molar-refractivity contribution in [3.63, 3.8) is 0 Å². The van der Waals surface area contributed by atoms with Gasteiger partial charge < -0.3 is 9.47 Å². The number of rotatable bonds is 9. The van der Waals surface area contributed by atoms with Crippen molar-refractivity contribution in [1.29, 1.82) is 0 Å². The number of carbonyl (C=O) groups is 1. The van der Waals surface area contributed by atoms with Crippen LogP contribution in [0.1, 0.15) is 27.0 Å². The number of carbonyl (C=O) groups excluding carboxylic acids is 1. The van der Waals surface area contributed by atoms with E-state index >= 15 is 0 Å². The number of ether oxygens (including phenoxy) is 2. The van der Waals surface area contributed by atoms with Crippen LogP contribution < -0.4 is 4.74 Å². The van der Waals surface area contributed by atoms with Gasteiger partial charge in [0.25, 0.3) is 0 Å². The van der Waals surface area contributed by atoms with Gasteiger partial charge in [0.1, 0.15) is 5.75 Å². The number of hydrogen-bond donors (Lipinski definition) is 0. The molecular formula is C24H23O3. The third-order valence-corrected chi connectivity index (χ3v) is 4.30. The fourth-order valence-corrected chi connectivity index (χ4v) is 2.72. The molecule has 0 saturated carbocycles. The van der Waals surface area contributed by atoms with E-state index < -0.39 is 0 Å². The van der Waals surface area contributed by atoms with Gasteiger partial charge in [-0.2, -0.15) is 0 Å². The van der Waals surface area contributed by atoms with E-state index in [0.29, 0.717) is 18.8 Å². The Labute approximate surface area is 160 Å². The molecule has 0 N–H and O–H groups in total. The summed E-state index contributed by atoms with van der Waals surface area (Å²) in [5.74, 6) is 0.724. The van der Waals surface area contributed by atoms with Crippen molar-refractivity contribution in [1.82, 2.24) is 0 Å². The van der Waals surface area contributed by atoms with E-state index in [-0.39, 0.29) is 5.78 Å². The number of hydrogen-bond acceptors (Lipinski definition) is 3. The average Bonchev–Trinajstić information content (AvgIpc) is 2.73. The molecule has 0 saturated heterocycles. The van der Waals surface area contributed by atoms with E-state index in [1.54, 1.807) is 37.8 Å². The molecule has 0 atom stereocenters. The smallest absolute Gasteiger partial charge is 0.171 e. The van der Waals surface area contributed by atoms with Crippen molar-refractivity contribution in [2.75, 3.05) is 13.7 Å². The molecule has 3 aromatic carbocycles. The first-order chi connectivity index (χ1) is 13.2. The normalized spacial score (nSPS) is 10.6. The summed E-state index contributed by atoms with van der Waals surface area (Å²) in [5, 5.41) is 0. The highest BCUT2D eigenvalue weighted by Crippen LogP contribution is 2.15. The molecular weight excluding hydrogens is 336 g/mol. The molecule has 0 aliphatic heterocycles. The Morgan fingerprint density at radius 2 is 1.56 bits per heavy atom. The SMILES string of the molecule is COc1ccc(C(=O)[CH]c2ccc(CCOCc3ccccc3)cc2)cc1. The Kier molecular flexibility index (Phi) is 6.78. The highest BCUT2D eigenvalue weighted by molar-refractivity contribution is 6.04. The third-order valence-electron chi connectivity index (χ3n) is 4.30. The second-order valence-electron chi connectivity index (χ2n) is 6.27. The molecule has 3 rings (SSSR count). The molecule has 0 aliphatic carbocycles. The van der Waals surface area contributed by atoms with Crippen LogP contribution in [-0.2, 0) is 17.8 Å². The molecule has 3 aromatic rings. The van der Waals surface area contributed by atoms with E-state index in [4.69, 9.17) is 9.47 Å². The largest absolute Gasteiger partial charge is 0.497 e. The van der Waals surface area contributed by atoms with E-state index in [1.165, 1.54) is 11.1 Å². The quantitative estimate of drug-likeness (QED) is 0.403. The first kappa shape index (κ1) is 18.9. The Bertz CT molecular complexity index is 837. The predicted molar refractivity (Wildman–Crippen MR) is 107 cm³/mol. The Balaban J connectivity index is 1.45. The van der Waals surface area contributed by atoms with Crippen LogP contribution >= 0.6 is 0 Å². The lowest BCUT2D eigenvalue weighted by Gasteiger charge is -2.06. The zero-order chi connectivity index (χ0) is 18.9. The first-order valence-electron chi connectivity index (χ1n) is 8.98. The van der Waals surface area contributed by atoms with E-state index in [9.17, 15) is 4.79 Å². The van der Waals surface area contributed by atoms with Crippen molar-refractivity contribution in [3.8, 4) is 5.75 Å². The van der Waals surface area contributed by atoms with Crippen LogP contribution in [0.2, 0.25) is 0 Å². The van der Waals surface area contributed by atoms with E-state index in [0.717, 1.165) is 17.7 Å². The standard InChI is InChI=1S/C24H23O3/c1-26-23-13-11-22(12-14-23)24(25)17-20-9-7-19(8-10-20)15-16-27-18-21-5-3-2-4-6-21/h2-14,17H,15-16,18H2,1H3. The zero-order valence-electron chi connectivity index (χ0n) is 15.4. The fraction of sp³-hybridized carbons (Fsp3) is 0.167. The van der Waals surface area contributed by atoms with Crippen molar-refractivity contribution < 1.29 is 14.3 Å². The van der Waals surface area contributed by atoms with E-state index in [1.807, 2.05) is 42.5 Å². The van der Waals surface area contributed by atoms with Crippen LogP contribution in [0.15, 0.2) is 78.9 Å². The highest BCUT2D eigenvalue weighted by atomic mass is 16.5. The summed E-state index contributed by atoms with van der Waals surface area (Å²) < 4.78 is 10.8. The molecule has 137 valence electrons. The van der Waals surface area contributed by atoms with E-state index in [2.05, 4.69) is 12.1 Å². The molecule has 27 heavy (non-hydrogen) atoms. The second kappa shape index (κ2) is 9.70. The van der Waals surface area contributed by atoms with Gasteiger partial charge >= 0.3 is 0 Å². The number of Topliss-reactive ketones (excluding diaryl/α,β-unsaturated/α-hetero) is 1. The van der Waals surface area contributed by atoms with Crippen molar-refractivity contribution >= 4 is 5.78 Å². The van der Waals surface area contributed by atoms with Gasteiger partial charge in [0.2, 0.25) is 0 Å². The van der Waals surface area contributed by atoms with Gasteiger partial charge in [-0.1, -0.05) is 54.6 Å². The van der Waals surface area contributed by atoms with Gasteiger partial charge in [0.05, 0.1) is 26.7 Å². The molecule has 0 unspecified atom stereocenters. The second-order valence-corrected chi connectivity index (χ2v) is 6.27. The summed E-state index contributed by atoms with van der Waals surface area (Å²) in [6, 6.07) is 25.3. The lowest BCUT2D eigenvalue weighted by Crippen LogP contribution is -2.02. The highest BCUT2D eigenvalue weighted by Gasteiger charge is 2.08. The molecule has 0 bridgehead atoms. The van der Waals surface area contributed by atoms with Gasteiger partial charge in [-0.25, -0.2) is 0 Å². The Morgan fingerprint density at radius 3 is 2.22 bits per heavy atom. The summed E-state index contributed by atoms with van der Waals surface area (Å²) in [7, 11) is 1.61. The topological polar surface area (TPSA) is 35.5 Å². The third kappa shape index (κ3) is 5.80. The number of ketones is 1. The van der Waals surface area contributed by atoms with Crippen LogP contribution in [0.25, 0.3) is 0 Å². The first-order valence-corrected chi connectivity index (χ1v) is 8.98. The van der Waals surface area contributed by atoms with Gasteiger partial charge in [-0.05, 0) is 47.4 Å². The van der Waals surface area contributed by atoms with Gasteiger partial charge in [0, 0.05) is 5.56 Å². The molecule has 3 heteroatoms. The van der Waals surface area contributed by atoms with Crippen LogP contribution in [0.3, 0.4) is 0 Å². The molecule has 0 heterocycles. The van der Waals surface area contributed by atoms with Crippen molar-refractivity contribution in [2.45, 2.75) is 13.0 Å². The minimum absolute atomic E-state index is 0.0170. The molecule has 0 spiro atoms. The minimum atomic E-state index is -0.0170. The van der Waals surface area contributed by atoms with Crippen LogP contribution in [0, 0.1) is 6.42 Å². The summed E-state index contributed by atoms with van der Waals surface area (Å²) >= 11 is 0. The molecule has 0 aliphatic rings. The minimum Gasteiger partial charge on any atom is -0.497 e. The maximum absolute atomic E-state index is 12.3. The molecule has 3 nitrogen and oxygen atoms in total. The Morgan fingerprint density at radius 1 is 0.852 bits per heavy atom. The maximum Gasteiger partial charge on any atom is 0.171 e. The molecule has 0 aromatic heterocycles. The molecule has 0 fully saturated rings. The summed E-state index contributed by atoms with van der Waals surface area (Å²) in [5.41, 5.74) is 3.91. The fourth-order valence-electron chi connectivity index (χ4n) is 2.72. The van der Waals surface area contributed by atoms with Crippen LogP contribution in [0.4, 0.5) is 0 Å². The summed E-state index contributed by atoms with van der Waals surface area (Å²) in [6.45, 7) is 1.30. The number of methoxy groups -OCH3 is 1. The maximum atomic E-state index is 12.3. The summed E-state index contributed by atoms with van der Waals surface area (Å²) in [4.78, 5) is 12.3. The zero-order valence-corrected chi connectivity index (χ0v) is 15.4. The summed E-state index contributed by atoms with van der Waals surface area (Å²) in [6.07, 6.45) is 2.50. The lowest BCUT2D eigenvalue weighted by molar-refractivity contribution is 0.103. The average molecular weight is 359 g/mol. The molecule has 0 amide bonds. The van der Waals surface area contributed by atoms with Gasteiger partial charge in [-0.3, -0.25) is 4.79 Å².